The van der Waals surface area contributed by atoms with Crippen molar-refractivity contribution in [3.8, 4) is 0 Å². The largest absolute Gasteiger partial charge is 0.379 e. The Morgan fingerprint density at radius 2 is 2.15 bits per heavy atom. The lowest BCUT2D eigenvalue weighted by Gasteiger charge is -2.26. The fourth-order valence-electron chi connectivity index (χ4n) is 2.34. The highest BCUT2D eigenvalue weighted by atomic mass is 19.1. The minimum Gasteiger partial charge on any atom is -0.379 e. The maximum absolute atomic E-state index is 14.3. The van der Waals surface area contributed by atoms with E-state index in [1.54, 1.807) is 6.07 Å². The first-order chi connectivity index (χ1) is 9.37. The van der Waals surface area contributed by atoms with Crippen molar-refractivity contribution >= 4 is 5.69 Å². The predicted molar refractivity (Wildman–Crippen MR) is 80.6 cm³/mol. The molecule has 0 aliphatic carbocycles. The Bertz CT molecular complexity index is 450. The molecule has 0 saturated carbocycles. The van der Waals surface area contributed by atoms with Crippen LogP contribution in [0, 0.1) is 5.82 Å². The van der Waals surface area contributed by atoms with Gasteiger partial charge in [0.15, 0.2) is 0 Å². The van der Waals surface area contributed by atoms with E-state index in [2.05, 4.69) is 26.1 Å². The molecule has 0 radical (unpaired) electrons. The van der Waals surface area contributed by atoms with Crippen molar-refractivity contribution in [1.82, 2.24) is 5.32 Å². The molecule has 1 atom stereocenters. The van der Waals surface area contributed by atoms with Crippen LogP contribution in [0.4, 0.5) is 10.1 Å². The van der Waals surface area contributed by atoms with Crippen molar-refractivity contribution in [3.05, 3.63) is 29.6 Å². The van der Waals surface area contributed by atoms with E-state index >= 15 is 0 Å². The van der Waals surface area contributed by atoms with Crippen molar-refractivity contribution in [2.75, 3.05) is 25.2 Å². The van der Waals surface area contributed by atoms with Gasteiger partial charge in [-0.2, -0.15) is 0 Å². The van der Waals surface area contributed by atoms with Gasteiger partial charge in [-0.25, -0.2) is 4.39 Å². The fraction of sp³-hybridized carbons (Fsp3) is 0.625. The van der Waals surface area contributed by atoms with Gasteiger partial charge < -0.3 is 15.0 Å². The van der Waals surface area contributed by atoms with Gasteiger partial charge in [-0.3, -0.25) is 0 Å². The average molecular weight is 280 g/mol. The number of ether oxygens (including phenoxy) is 1. The molecule has 1 saturated heterocycles. The standard InChI is InChI=1S/C16H25FN2O/c1-16(2,3)18-10-12-5-6-15(14(17)9-12)19(4)13-7-8-20-11-13/h5-6,9,13,18H,7-8,10-11H2,1-4H3. The van der Waals surface area contributed by atoms with E-state index in [0.717, 1.165) is 18.6 Å². The Hall–Kier alpha value is -1.13. The Labute approximate surface area is 121 Å². The Morgan fingerprint density at radius 1 is 1.40 bits per heavy atom. The molecule has 1 N–H and O–H groups in total. The van der Waals surface area contributed by atoms with Crippen LogP contribution in [0.1, 0.15) is 32.8 Å². The topological polar surface area (TPSA) is 24.5 Å². The summed E-state index contributed by atoms with van der Waals surface area (Å²) in [5.74, 6) is -0.160. The molecule has 3 nitrogen and oxygen atoms in total. The first-order valence-corrected chi connectivity index (χ1v) is 7.21. The van der Waals surface area contributed by atoms with Gasteiger partial charge in [0.1, 0.15) is 5.82 Å². The van der Waals surface area contributed by atoms with Gasteiger partial charge in [0.2, 0.25) is 0 Å². The predicted octanol–water partition coefficient (Wildman–Crippen LogP) is 2.94. The average Bonchev–Trinajstić information content (AvgIpc) is 2.88. The van der Waals surface area contributed by atoms with E-state index in [0.29, 0.717) is 18.8 Å². The van der Waals surface area contributed by atoms with Crippen molar-refractivity contribution in [2.24, 2.45) is 0 Å². The van der Waals surface area contributed by atoms with Gasteiger partial charge in [-0.05, 0) is 44.9 Å². The second-order valence-corrected chi connectivity index (χ2v) is 6.52. The molecule has 1 aromatic carbocycles. The second kappa shape index (κ2) is 6.10. The molecule has 112 valence electrons. The van der Waals surface area contributed by atoms with Crippen LogP contribution in [0.15, 0.2) is 18.2 Å². The summed E-state index contributed by atoms with van der Waals surface area (Å²) in [5.41, 5.74) is 1.66. The molecule has 20 heavy (non-hydrogen) atoms. The summed E-state index contributed by atoms with van der Waals surface area (Å²) in [7, 11) is 1.94. The summed E-state index contributed by atoms with van der Waals surface area (Å²) in [6.45, 7) is 8.44. The summed E-state index contributed by atoms with van der Waals surface area (Å²) < 4.78 is 19.6. The zero-order chi connectivity index (χ0) is 14.8. The molecular formula is C16H25FN2O. The highest BCUT2D eigenvalue weighted by Gasteiger charge is 2.22. The smallest absolute Gasteiger partial charge is 0.146 e. The SMILES string of the molecule is CN(c1ccc(CNC(C)(C)C)cc1F)C1CCOC1. The van der Waals surface area contributed by atoms with E-state index in [1.807, 2.05) is 24.1 Å². The number of anilines is 1. The van der Waals surface area contributed by atoms with Crippen molar-refractivity contribution in [1.29, 1.82) is 0 Å². The molecule has 0 amide bonds. The quantitative estimate of drug-likeness (QED) is 0.917. The van der Waals surface area contributed by atoms with Crippen molar-refractivity contribution < 1.29 is 9.13 Å². The van der Waals surface area contributed by atoms with Crippen LogP contribution in [-0.4, -0.2) is 31.8 Å². The van der Waals surface area contributed by atoms with Gasteiger partial charge in [-0.15, -0.1) is 0 Å². The number of hydrogen-bond donors (Lipinski definition) is 1. The summed E-state index contributed by atoms with van der Waals surface area (Å²) in [4.78, 5) is 1.99. The third-order valence-corrected chi connectivity index (χ3v) is 3.67. The number of rotatable bonds is 4. The number of benzene rings is 1. The maximum Gasteiger partial charge on any atom is 0.146 e. The first kappa shape index (κ1) is 15.3. The normalized spacial score (nSPS) is 19.4. The number of nitrogens with one attached hydrogen (secondary N) is 1. The summed E-state index contributed by atoms with van der Waals surface area (Å²) in [5, 5.41) is 3.37. The number of hydrogen-bond acceptors (Lipinski definition) is 3. The molecule has 1 unspecified atom stereocenters. The molecule has 1 aromatic rings. The molecule has 0 spiro atoms. The van der Waals surface area contributed by atoms with E-state index in [1.165, 1.54) is 0 Å². The maximum atomic E-state index is 14.3. The molecule has 1 fully saturated rings. The van der Waals surface area contributed by atoms with Crippen LogP contribution in [0.5, 0.6) is 0 Å². The molecule has 1 heterocycles. The lowest BCUT2D eigenvalue weighted by molar-refractivity contribution is 0.193. The molecule has 2 rings (SSSR count). The number of halogens is 1. The van der Waals surface area contributed by atoms with Crippen LogP contribution >= 0.6 is 0 Å². The van der Waals surface area contributed by atoms with Crippen LogP contribution in [0.2, 0.25) is 0 Å². The first-order valence-electron chi connectivity index (χ1n) is 7.21. The second-order valence-electron chi connectivity index (χ2n) is 6.52. The van der Waals surface area contributed by atoms with E-state index in [-0.39, 0.29) is 17.4 Å². The summed E-state index contributed by atoms with van der Waals surface area (Å²) in [6, 6.07) is 5.76. The monoisotopic (exact) mass is 280 g/mol. The highest BCUT2D eigenvalue weighted by molar-refractivity contribution is 5.49. The Morgan fingerprint density at radius 3 is 2.70 bits per heavy atom. The number of likely N-dealkylation sites (N-methyl/N-ethyl adjacent to an activating group) is 1. The van der Waals surface area contributed by atoms with Gasteiger partial charge in [0.05, 0.1) is 18.3 Å². The van der Waals surface area contributed by atoms with Crippen molar-refractivity contribution in [2.45, 2.75) is 45.3 Å². The molecule has 1 aliphatic heterocycles. The van der Waals surface area contributed by atoms with Gasteiger partial charge in [0, 0.05) is 25.7 Å². The minimum atomic E-state index is -0.160. The molecule has 0 aromatic heterocycles. The lowest BCUT2D eigenvalue weighted by atomic mass is 10.1. The fourth-order valence-corrected chi connectivity index (χ4v) is 2.34. The van der Waals surface area contributed by atoms with Gasteiger partial charge in [-0.1, -0.05) is 6.07 Å². The van der Waals surface area contributed by atoms with Crippen LogP contribution < -0.4 is 10.2 Å². The Kier molecular flexibility index (Phi) is 4.66. The summed E-state index contributed by atoms with van der Waals surface area (Å²) >= 11 is 0. The zero-order valence-electron chi connectivity index (χ0n) is 12.9. The van der Waals surface area contributed by atoms with Gasteiger partial charge >= 0.3 is 0 Å². The van der Waals surface area contributed by atoms with Crippen LogP contribution in [0.25, 0.3) is 0 Å². The van der Waals surface area contributed by atoms with E-state index < -0.39 is 0 Å². The molecular weight excluding hydrogens is 255 g/mol. The summed E-state index contributed by atoms with van der Waals surface area (Å²) in [6.07, 6.45) is 0.962. The lowest BCUT2D eigenvalue weighted by Crippen LogP contribution is -2.35. The molecule has 4 heteroatoms. The zero-order valence-corrected chi connectivity index (χ0v) is 12.9. The van der Waals surface area contributed by atoms with Gasteiger partial charge in [0.25, 0.3) is 0 Å². The molecule has 0 bridgehead atoms. The van der Waals surface area contributed by atoms with E-state index in [4.69, 9.17) is 4.74 Å². The highest BCUT2D eigenvalue weighted by Crippen LogP contribution is 2.24. The van der Waals surface area contributed by atoms with E-state index in [9.17, 15) is 4.39 Å². The third-order valence-electron chi connectivity index (χ3n) is 3.67. The Balaban J connectivity index is 2.05. The van der Waals surface area contributed by atoms with Crippen LogP contribution in [-0.2, 0) is 11.3 Å². The minimum absolute atomic E-state index is 0.0348. The third kappa shape index (κ3) is 3.93. The molecule has 1 aliphatic rings. The van der Waals surface area contributed by atoms with Crippen molar-refractivity contribution in [3.63, 3.8) is 0 Å². The number of nitrogens with zero attached hydrogens (tertiary/aromatic N) is 1. The van der Waals surface area contributed by atoms with Crippen LogP contribution in [0.3, 0.4) is 0 Å².